The molecule has 1 fully saturated rings. The first kappa shape index (κ1) is 28.5. The number of ketones is 1. The number of nitrogens with zero attached hydrogens (tertiary/aromatic N) is 1. The van der Waals surface area contributed by atoms with Gasteiger partial charge >= 0.3 is 0 Å². The van der Waals surface area contributed by atoms with E-state index in [9.17, 15) is 14.7 Å². The molecule has 1 aliphatic heterocycles. The van der Waals surface area contributed by atoms with Gasteiger partial charge in [0, 0.05) is 11.6 Å². The zero-order chi connectivity index (χ0) is 28.5. The van der Waals surface area contributed by atoms with Gasteiger partial charge in [0.2, 0.25) is 0 Å². The zero-order valence-corrected chi connectivity index (χ0v) is 24.1. The van der Waals surface area contributed by atoms with Gasteiger partial charge < -0.3 is 19.5 Å². The third-order valence-corrected chi connectivity index (χ3v) is 7.19. The number of carbonyl (C=O) groups is 2. The summed E-state index contributed by atoms with van der Waals surface area (Å²) in [6.07, 6.45) is 0. The van der Waals surface area contributed by atoms with Crippen molar-refractivity contribution in [1.82, 2.24) is 4.90 Å². The molecule has 1 unspecified atom stereocenters. The van der Waals surface area contributed by atoms with Gasteiger partial charge in [-0.1, -0.05) is 80.4 Å². The predicted molar refractivity (Wildman–Crippen MR) is 154 cm³/mol. The van der Waals surface area contributed by atoms with Crippen molar-refractivity contribution in [3.63, 3.8) is 0 Å². The molecule has 0 aromatic heterocycles. The molecule has 1 amide bonds. The van der Waals surface area contributed by atoms with Crippen LogP contribution in [-0.4, -0.2) is 35.4 Å². The first-order chi connectivity index (χ1) is 18.5. The normalized spacial score (nSPS) is 17.0. The molecule has 1 atom stereocenters. The number of hydrogen-bond acceptors (Lipinski definition) is 5. The molecule has 1 aliphatic rings. The number of benzene rings is 3. The molecule has 0 aliphatic carbocycles. The summed E-state index contributed by atoms with van der Waals surface area (Å²) >= 11 is 12.6. The molecule has 204 valence electrons. The Morgan fingerprint density at radius 1 is 1.00 bits per heavy atom. The van der Waals surface area contributed by atoms with Crippen LogP contribution >= 0.6 is 23.2 Å². The van der Waals surface area contributed by atoms with Crippen molar-refractivity contribution in [3.05, 3.63) is 98.5 Å². The van der Waals surface area contributed by atoms with E-state index in [1.54, 1.807) is 0 Å². The third-order valence-electron chi connectivity index (χ3n) is 6.69. The van der Waals surface area contributed by atoms with E-state index in [1.165, 1.54) is 24.1 Å². The number of hydrogen-bond donors (Lipinski definition) is 1. The fourth-order valence-corrected chi connectivity index (χ4v) is 5.27. The molecule has 6 nitrogen and oxygen atoms in total. The Bertz CT molecular complexity index is 1420. The van der Waals surface area contributed by atoms with Crippen molar-refractivity contribution in [2.24, 2.45) is 0 Å². The van der Waals surface area contributed by atoms with E-state index in [1.807, 2.05) is 55.5 Å². The Kier molecular flexibility index (Phi) is 8.28. The second kappa shape index (κ2) is 11.3. The minimum Gasteiger partial charge on any atom is -0.507 e. The average molecular weight is 568 g/mol. The molecule has 3 aromatic rings. The number of aliphatic hydroxyl groups excluding tert-OH is 1. The van der Waals surface area contributed by atoms with E-state index in [2.05, 4.69) is 20.8 Å². The fourth-order valence-electron chi connectivity index (χ4n) is 4.70. The molecular formula is C31H31Cl2NO5. The van der Waals surface area contributed by atoms with Crippen LogP contribution in [0.4, 0.5) is 0 Å². The van der Waals surface area contributed by atoms with Crippen molar-refractivity contribution in [2.45, 2.75) is 45.7 Å². The lowest BCUT2D eigenvalue weighted by molar-refractivity contribution is -0.140. The maximum absolute atomic E-state index is 13.5. The van der Waals surface area contributed by atoms with Crippen molar-refractivity contribution in [1.29, 1.82) is 0 Å². The minimum absolute atomic E-state index is 0.0638. The highest BCUT2D eigenvalue weighted by Gasteiger charge is 2.46. The number of halogens is 2. The molecule has 0 saturated carbocycles. The summed E-state index contributed by atoms with van der Waals surface area (Å²) in [6.45, 7) is 8.91. The summed E-state index contributed by atoms with van der Waals surface area (Å²) in [4.78, 5) is 28.4. The van der Waals surface area contributed by atoms with Crippen LogP contribution in [0.3, 0.4) is 0 Å². The Labute approximate surface area is 238 Å². The quantitative estimate of drug-likeness (QED) is 0.184. The van der Waals surface area contributed by atoms with Gasteiger partial charge in [-0.2, -0.15) is 0 Å². The van der Waals surface area contributed by atoms with E-state index in [0.29, 0.717) is 17.9 Å². The maximum atomic E-state index is 13.5. The Hall–Kier alpha value is -3.48. The number of Topliss-reactive ketones (excluding diaryl/α,β-unsaturated/α-hetero) is 1. The fraction of sp³-hybridized carbons (Fsp3) is 0.290. The molecule has 1 heterocycles. The predicted octanol–water partition coefficient (Wildman–Crippen LogP) is 7.32. The van der Waals surface area contributed by atoms with Crippen LogP contribution in [0, 0.1) is 0 Å². The topological polar surface area (TPSA) is 76.1 Å². The SMILES string of the molecule is CCOc1ccc(CN2C(=O)C(=O)/C(=C(/O)c3cc(Cl)cc(Cl)c3OC)C2c2ccc(C(C)(C)C)cc2)cc1. The molecule has 8 heteroatoms. The molecule has 0 radical (unpaired) electrons. The van der Waals surface area contributed by atoms with E-state index in [4.69, 9.17) is 32.7 Å². The lowest BCUT2D eigenvalue weighted by Gasteiger charge is -2.27. The summed E-state index contributed by atoms with van der Waals surface area (Å²) in [7, 11) is 1.40. The van der Waals surface area contributed by atoms with Crippen molar-refractivity contribution >= 4 is 40.7 Å². The van der Waals surface area contributed by atoms with Crippen molar-refractivity contribution in [3.8, 4) is 11.5 Å². The van der Waals surface area contributed by atoms with Crippen LogP contribution in [-0.2, 0) is 21.5 Å². The van der Waals surface area contributed by atoms with Gasteiger partial charge in [0.1, 0.15) is 17.3 Å². The number of carbonyl (C=O) groups excluding carboxylic acids is 2. The van der Waals surface area contributed by atoms with Crippen LogP contribution in [0.1, 0.15) is 56.0 Å². The smallest absolute Gasteiger partial charge is 0.295 e. The molecule has 4 rings (SSSR count). The molecule has 0 bridgehead atoms. The summed E-state index contributed by atoms with van der Waals surface area (Å²) in [5.74, 6) is -1.07. The van der Waals surface area contributed by atoms with Gasteiger partial charge in [0.15, 0.2) is 0 Å². The highest BCUT2D eigenvalue weighted by molar-refractivity contribution is 6.46. The first-order valence-corrected chi connectivity index (χ1v) is 13.4. The van der Waals surface area contributed by atoms with Gasteiger partial charge in [-0.15, -0.1) is 0 Å². The van der Waals surface area contributed by atoms with E-state index in [0.717, 1.165) is 11.1 Å². The summed E-state index contributed by atoms with van der Waals surface area (Å²) in [5.41, 5.74) is 2.56. The standard InChI is InChI=1S/C31H31Cl2NO5/c1-6-39-22-13-7-18(8-14-22)17-34-26(19-9-11-20(12-10-19)31(2,3)4)25(28(36)30(34)37)27(35)23-15-21(32)16-24(33)29(23)38-5/h7-16,26,35H,6,17H2,1-5H3/b27-25+. The van der Waals surface area contributed by atoms with Gasteiger partial charge in [-0.3, -0.25) is 9.59 Å². The number of ether oxygens (including phenoxy) is 2. The van der Waals surface area contributed by atoms with Crippen molar-refractivity contribution in [2.75, 3.05) is 13.7 Å². The van der Waals surface area contributed by atoms with Crippen LogP contribution in [0.5, 0.6) is 11.5 Å². The van der Waals surface area contributed by atoms with Crippen LogP contribution in [0.2, 0.25) is 10.0 Å². The van der Waals surface area contributed by atoms with E-state index >= 15 is 0 Å². The summed E-state index contributed by atoms with van der Waals surface area (Å²) in [5, 5.41) is 11.9. The highest BCUT2D eigenvalue weighted by Crippen LogP contribution is 2.44. The largest absolute Gasteiger partial charge is 0.507 e. The average Bonchev–Trinajstić information content (AvgIpc) is 3.13. The molecule has 1 N–H and O–H groups in total. The number of amides is 1. The lowest BCUT2D eigenvalue weighted by atomic mass is 9.85. The third kappa shape index (κ3) is 5.77. The zero-order valence-electron chi connectivity index (χ0n) is 22.5. The van der Waals surface area contributed by atoms with Crippen LogP contribution in [0.25, 0.3) is 5.76 Å². The number of likely N-dealkylation sites (tertiary alicyclic amines) is 1. The Balaban J connectivity index is 1.88. The second-order valence-corrected chi connectivity index (χ2v) is 11.2. The van der Waals surface area contributed by atoms with E-state index in [-0.39, 0.29) is 38.9 Å². The molecule has 0 spiro atoms. The molecular weight excluding hydrogens is 537 g/mol. The highest BCUT2D eigenvalue weighted by atomic mass is 35.5. The Morgan fingerprint density at radius 2 is 1.64 bits per heavy atom. The number of rotatable bonds is 7. The Morgan fingerprint density at radius 3 is 2.21 bits per heavy atom. The van der Waals surface area contributed by atoms with Gasteiger partial charge in [-0.05, 0) is 53.3 Å². The van der Waals surface area contributed by atoms with Gasteiger partial charge in [-0.25, -0.2) is 0 Å². The molecule has 39 heavy (non-hydrogen) atoms. The summed E-state index contributed by atoms with van der Waals surface area (Å²) < 4.78 is 10.9. The number of aliphatic hydroxyl groups is 1. The molecule has 3 aromatic carbocycles. The van der Waals surface area contributed by atoms with Gasteiger partial charge in [0.25, 0.3) is 11.7 Å². The molecule has 1 saturated heterocycles. The summed E-state index contributed by atoms with van der Waals surface area (Å²) in [6, 6.07) is 17.2. The van der Waals surface area contributed by atoms with Crippen LogP contribution < -0.4 is 9.47 Å². The second-order valence-electron chi connectivity index (χ2n) is 10.3. The van der Waals surface area contributed by atoms with Crippen LogP contribution in [0.15, 0.2) is 66.2 Å². The number of methoxy groups -OCH3 is 1. The lowest BCUT2D eigenvalue weighted by Crippen LogP contribution is -2.29. The first-order valence-electron chi connectivity index (χ1n) is 12.6. The van der Waals surface area contributed by atoms with E-state index < -0.39 is 23.5 Å². The van der Waals surface area contributed by atoms with Gasteiger partial charge in [0.05, 0.1) is 35.9 Å². The monoisotopic (exact) mass is 567 g/mol. The van der Waals surface area contributed by atoms with Crippen molar-refractivity contribution < 1.29 is 24.2 Å². The maximum Gasteiger partial charge on any atom is 0.295 e. The minimum atomic E-state index is -0.854.